The van der Waals surface area contributed by atoms with E-state index in [1.54, 1.807) is 13.8 Å². The van der Waals surface area contributed by atoms with E-state index in [2.05, 4.69) is 6.58 Å². The van der Waals surface area contributed by atoms with Gasteiger partial charge in [0.25, 0.3) is 0 Å². The first-order valence-corrected chi connectivity index (χ1v) is 13.4. The molecule has 1 saturated heterocycles. The van der Waals surface area contributed by atoms with Crippen molar-refractivity contribution >= 4 is 17.9 Å². The molecule has 206 valence electrons. The maximum absolute atomic E-state index is 13.3. The summed E-state index contributed by atoms with van der Waals surface area (Å²) in [5.74, 6) is -2.04. The molecule has 5 rings (SSSR count). The van der Waals surface area contributed by atoms with E-state index in [-0.39, 0.29) is 24.9 Å². The summed E-state index contributed by atoms with van der Waals surface area (Å²) >= 11 is 0. The van der Waals surface area contributed by atoms with Crippen molar-refractivity contribution < 1.29 is 43.5 Å². The third-order valence-corrected chi connectivity index (χ3v) is 11.3. The molecule has 2 bridgehead atoms. The monoisotopic (exact) mass is 520 g/mol. The summed E-state index contributed by atoms with van der Waals surface area (Å²) in [6.45, 7) is 12.6. The molecule has 4 aliphatic carbocycles. The Labute approximate surface area is 217 Å². The van der Waals surface area contributed by atoms with E-state index in [1.165, 1.54) is 14.0 Å². The summed E-state index contributed by atoms with van der Waals surface area (Å²) in [4.78, 5) is 38.9. The molecule has 37 heavy (non-hydrogen) atoms. The topological polar surface area (TPSA) is 132 Å². The Morgan fingerprint density at radius 3 is 2.27 bits per heavy atom. The van der Waals surface area contributed by atoms with Gasteiger partial charge in [-0.05, 0) is 76.7 Å². The summed E-state index contributed by atoms with van der Waals surface area (Å²) in [5.41, 5.74) is -5.49. The predicted octanol–water partition coefficient (Wildman–Crippen LogP) is 2.45. The predicted molar refractivity (Wildman–Crippen MR) is 130 cm³/mol. The van der Waals surface area contributed by atoms with Gasteiger partial charge in [-0.25, -0.2) is 4.79 Å². The fourth-order valence-electron chi connectivity index (χ4n) is 8.93. The quantitative estimate of drug-likeness (QED) is 0.248. The number of hydrogen-bond donors (Lipinski definition) is 2. The van der Waals surface area contributed by atoms with Crippen LogP contribution in [0.4, 0.5) is 0 Å². The molecular formula is C28H40O9. The van der Waals surface area contributed by atoms with E-state index in [9.17, 15) is 24.6 Å². The highest BCUT2D eigenvalue weighted by atomic mass is 16.7. The summed E-state index contributed by atoms with van der Waals surface area (Å²) < 4.78 is 22.8. The molecule has 11 unspecified atom stereocenters. The summed E-state index contributed by atoms with van der Waals surface area (Å²) in [5, 5.41) is 24.6. The van der Waals surface area contributed by atoms with Gasteiger partial charge in [0.05, 0.1) is 35.7 Å². The van der Waals surface area contributed by atoms with Crippen LogP contribution < -0.4 is 0 Å². The van der Waals surface area contributed by atoms with Crippen LogP contribution in [0.2, 0.25) is 0 Å². The molecular weight excluding hydrogens is 480 g/mol. The van der Waals surface area contributed by atoms with Crippen molar-refractivity contribution in [3.05, 3.63) is 12.2 Å². The van der Waals surface area contributed by atoms with Gasteiger partial charge in [-0.15, -0.1) is 0 Å². The van der Waals surface area contributed by atoms with Crippen LogP contribution >= 0.6 is 0 Å². The Morgan fingerprint density at radius 2 is 1.70 bits per heavy atom. The van der Waals surface area contributed by atoms with E-state index in [1.807, 2.05) is 13.8 Å². The second kappa shape index (κ2) is 8.02. The van der Waals surface area contributed by atoms with Crippen molar-refractivity contribution in [3.63, 3.8) is 0 Å². The Morgan fingerprint density at radius 1 is 1.05 bits per heavy atom. The molecule has 1 heterocycles. The number of aliphatic hydroxyl groups is 2. The van der Waals surface area contributed by atoms with Gasteiger partial charge in [-0.3, -0.25) is 9.59 Å². The minimum Gasteiger partial charge on any atom is -0.469 e. The minimum absolute atomic E-state index is 0.0234. The SMILES string of the molecule is C=C1C2CCC3(O)C4(C)C(OC(=O)C5(C)OC5C)CCC(C)(C(=O)OC)C4CC(OC(C)=O)C3(C2)C1O. The molecule has 2 N–H and O–H groups in total. The lowest BCUT2D eigenvalue weighted by Gasteiger charge is -2.70. The molecule has 1 aliphatic heterocycles. The fourth-order valence-corrected chi connectivity index (χ4v) is 8.93. The van der Waals surface area contributed by atoms with Gasteiger partial charge in [0, 0.05) is 12.3 Å². The average molecular weight is 521 g/mol. The number of fused-ring (bicyclic) bond motifs is 3. The molecule has 4 saturated carbocycles. The normalized spacial score (nSPS) is 51.9. The maximum Gasteiger partial charge on any atom is 0.341 e. The van der Waals surface area contributed by atoms with Crippen molar-refractivity contribution in [2.24, 2.45) is 28.1 Å². The summed E-state index contributed by atoms with van der Waals surface area (Å²) in [7, 11) is 1.34. The van der Waals surface area contributed by atoms with Crippen molar-refractivity contribution in [3.8, 4) is 0 Å². The second-order valence-corrected chi connectivity index (χ2v) is 12.7. The third kappa shape index (κ3) is 3.11. The Kier molecular flexibility index (Phi) is 5.77. The third-order valence-electron chi connectivity index (χ3n) is 11.3. The van der Waals surface area contributed by atoms with E-state index in [0.29, 0.717) is 31.3 Å². The van der Waals surface area contributed by atoms with Gasteiger partial charge in [0.2, 0.25) is 0 Å². The summed E-state index contributed by atoms with van der Waals surface area (Å²) in [6.07, 6.45) is -0.844. The smallest absolute Gasteiger partial charge is 0.341 e. The van der Waals surface area contributed by atoms with Gasteiger partial charge in [0.15, 0.2) is 5.60 Å². The van der Waals surface area contributed by atoms with E-state index >= 15 is 0 Å². The van der Waals surface area contributed by atoms with E-state index in [4.69, 9.17) is 18.9 Å². The Bertz CT molecular complexity index is 1060. The summed E-state index contributed by atoms with van der Waals surface area (Å²) in [6, 6.07) is 0. The van der Waals surface area contributed by atoms with Crippen molar-refractivity contribution in [1.29, 1.82) is 0 Å². The Hall–Kier alpha value is -1.97. The van der Waals surface area contributed by atoms with Crippen LogP contribution in [-0.2, 0) is 33.3 Å². The molecule has 0 aromatic carbocycles. The van der Waals surface area contributed by atoms with Gasteiger partial charge in [-0.2, -0.15) is 0 Å². The second-order valence-electron chi connectivity index (χ2n) is 12.7. The van der Waals surface area contributed by atoms with Crippen LogP contribution in [0.25, 0.3) is 0 Å². The molecule has 1 spiro atoms. The first kappa shape index (κ1) is 26.6. The maximum atomic E-state index is 13.3. The first-order chi connectivity index (χ1) is 17.1. The van der Waals surface area contributed by atoms with Crippen LogP contribution in [0.5, 0.6) is 0 Å². The van der Waals surface area contributed by atoms with Crippen molar-refractivity contribution in [2.75, 3.05) is 7.11 Å². The molecule has 5 aliphatic rings. The standard InChI is InChI=1S/C28H40O9/c1-14-17-8-11-28(33)25(5)18(12-20(35-16(3)29)27(28,13-17)21(14)30)24(4,22(31)34-7)10-9-19(25)36-23(32)26(6)15(2)37-26/h15,17-21,30,33H,1,8-13H2,2-7H3. The zero-order valence-electron chi connectivity index (χ0n) is 22.7. The number of ether oxygens (including phenoxy) is 4. The molecule has 0 amide bonds. The molecule has 0 aromatic heterocycles. The minimum atomic E-state index is -1.63. The number of aliphatic hydroxyl groups excluding tert-OH is 1. The highest BCUT2D eigenvalue weighted by Gasteiger charge is 2.81. The van der Waals surface area contributed by atoms with Crippen molar-refractivity contribution in [1.82, 2.24) is 0 Å². The molecule has 0 aromatic rings. The Balaban J connectivity index is 1.68. The van der Waals surface area contributed by atoms with E-state index < -0.39 is 69.6 Å². The zero-order valence-corrected chi connectivity index (χ0v) is 22.7. The lowest BCUT2D eigenvalue weighted by Crippen LogP contribution is -2.78. The van der Waals surface area contributed by atoms with Gasteiger partial charge in [-0.1, -0.05) is 13.5 Å². The van der Waals surface area contributed by atoms with Crippen molar-refractivity contribution in [2.45, 2.75) is 109 Å². The molecule has 0 radical (unpaired) electrons. The van der Waals surface area contributed by atoms with E-state index in [0.717, 1.165) is 0 Å². The molecule has 11 atom stereocenters. The van der Waals surface area contributed by atoms with Crippen LogP contribution in [0.3, 0.4) is 0 Å². The van der Waals surface area contributed by atoms with Gasteiger partial charge in [0.1, 0.15) is 12.2 Å². The number of methoxy groups -OCH3 is 1. The van der Waals surface area contributed by atoms with Crippen LogP contribution in [-0.4, -0.2) is 70.8 Å². The number of epoxide rings is 1. The van der Waals surface area contributed by atoms with Gasteiger partial charge >= 0.3 is 17.9 Å². The number of esters is 3. The average Bonchev–Trinajstić information content (AvgIpc) is 3.41. The number of hydrogen-bond acceptors (Lipinski definition) is 9. The molecule has 5 fully saturated rings. The van der Waals surface area contributed by atoms with Gasteiger partial charge < -0.3 is 29.2 Å². The van der Waals surface area contributed by atoms with Crippen LogP contribution in [0.1, 0.15) is 73.1 Å². The lowest BCUT2D eigenvalue weighted by atomic mass is 9.37. The number of carbonyl (C=O) groups is 3. The van der Waals surface area contributed by atoms with Crippen LogP contribution in [0, 0.1) is 28.1 Å². The zero-order chi connectivity index (χ0) is 27.3. The largest absolute Gasteiger partial charge is 0.469 e. The first-order valence-electron chi connectivity index (χ1n) is 13.4. The molecule has 9 nitrogen and oxygen atoms in total. The highest BCUT2D eigenvalue weighted by Crippen LogP contribution is 2.74. The lowest BCUT2D eigenvalue weighted by molar-refractivity contribution is -0.331. The number of rotatable bonds is 4. The highest BCUT2D eigenvalue weighted by molar-refractivity contribution is 5.83. The fraction of sp³-hybridized carbons (Fsp3) is 0.821. The molecule has 9 heteroatoms. The van der Waals surface area contributed by atoms with Crippen LogP contribution in [0.15, 0.2) is 12.2 Å². The number of carbonyl (C=O) groups excluding carboxylic acids is 3.